The van der Waals surface area contributed by atoms with Gasteiger partial charge >= 0.3 is 0 Å². The van der Waals surface area contributed by atoms with Gasteiger partial charge in [0.25, 0.3) is 0 Å². The Morgan fingerprint density at radius 3 is 2.80 bits per heavy atom. The van der Waals surface area contributed by atoms with Crippen LogP contribution in [0.3, 0.4) is 0 Å². The van der Waals surface area contributed by atoms with E-state index >= 15 is 0 Å². The van der Waals surface area contributed by atoms with Crippen LogP contribution < -0.4 is 5.73 Å². The number of likely N-dealkylation sites (tertiary alicyclic amines) is 1. The van der Waals surface area contributed by atoms with Gasteiger partial charge in [0, 0.05) is 12.1 Å². The van der Waals surface area contributed by atoms with Crippen LogP contribution in [-0.2, 0) is 0 Å². The molecule has 0 spiro atoms. The maximum atomic E-state index is 5.46. The first-order valence-corrected chi connectivity index (χ1v) is 6.36. The highest BCUT2D eigenvalue weighted by Crippen LogP contribution is 2.22. The van der Waals surface area contributed by atoms with Crippen LogP contribution in [0.5, 0.6) is 0 Å². The number of hydrogen-bond acceptors (Lipinski definition) is 2. The molecule has 0 amide bonds. The van der Waals surface area contributed by atoms with Crippen LogP contribution >= 0.6 is 0 Å². The monoisotopic (exact) mass is 210 g/mol. The number of rotatable bonds is 5. The summed E-state index contributed by atoms with van der Waals surface area (Å²) in [6.07, 6.45) is 10.9. The highest BCUT2D eigenvalue weighted by molar-refractivity contribution is 4.90. The molecule has 0 bridgehead atoms. The van der Waals surface area contributed by atoms with Gasteiger partial charge in [-0.25, -0.2) is 0 Å². The van der Waals surface area contributed by atoms with E-state index in [2.05, 4.69) is 30.9 Å². The minimum atomic E-state index is 0.693. The van der Waals surface area contributed by atoms with Gasteiger partial charge in [-0.05, 0) is 52.6 Å². The van der Waals surface area contributed by atoms with Gasteiger partial charge < -0.3 is 5.73 Å². The van der Waals surface area contributed by atoms with Gasteiger partial charge in [0.05, 0.1) is 0 Å². The molecular weight excluding hydrogens is 184 g/mol. The van der Waals surface area contributed by atoms with E-state index in [9.17, 15) is 0 Å². The molecule has 0 aromatic carbocycles. The topological polar surface area (TPSA) is 29.3 Å². The van der Waals surface area contributed by atoms with Crippen LogP contribution in [-0.4, -0.2) is 30.1 Å². The molecule has 1 heterocycles. The third-order valence-corrected chi connectivity index (χ3v) is 3.24. The van der Waals surface area contributed by atoms with Crippen molar-refractivity contribution in [3.8, 4) is 0 Å². The summed E-state index contributed by atoms with van der Waals surface area (Å²) in [7, 11) is 0. The van der Waals surface area contributed by atoms with E-state index < -0.39 is 0 Å². The maximum absolute atomic E-state index is 5.46. The van der Waals surface area contributed by atoms with Crippen molar-refractivity contribution in [2.24, 2.45) is 5.73 Å². The smallest absolute Gasteiger partial charge is 0.0132 e. The zero-order valence-corrected chi connectivity index (χ0v) is 10.3. The number of hydrogen-bond donors (Lipinski definition) is 1. The number of nitrogens with zero attached hydrogens (tertiary/aromatic N) is 1. The highest BCUT2D eigenvalue weighted by atomic mass is 15.2. The summed E-state index contributed by atoms with van der Waals surface area (Å²) in [5.74, 6) is 0. The lowest BCUT2D eigenvalue weighted by molar-refractivity contribution is 0.113. The predicted molar refractivity (Wildman–Crippen MR) is 66.9 cm³/mol. The molecule has 0 aromatic rings. The molecule has 1 aliphatic rings. The summed E-state index contributed by atoms with van der Waals surface area (Å²) < 4.78 is 0. The van der Waals surface area contributed by atoms with Gasteiger partial charge in [0.1, 0.15) is 0 Å². The van der Waals surface area contributed by atoms with Crippen LogP contribution in [0.1, 0.15) is 46.0 Å². The summed E-state index contributed by atoms with van der Waals surface area (Å²) in [6, 6.07) is 1.46. The number of nitrogens with two attached hydrogens (primary N) is 1. The third kappa shape index (κ3) is 4.35. The summed E-state index contributed by atoms with van der Waals surface area (Å²) in [5, 5.41) is 0. The Morgan fingerprint density at radius 1 is 1.33 bits per heavy atom. The van der Waals surface area contributed by atoms with Crippen molar-refractivity contribution >= 4 is 0 Å². The molecule has 2 N–H and O–H groups in total. The predicted octanol–water partition coefficient (Wildman–Crippen LogP) is 2.54. The van der Waals surface area contributed by atoms with E-state index in [4.69, 9.17) is 5.73 Å². The molecule has 1 aliphatic heterocycles. The van der Waals surface area contributed by atoms with Crippen molar-refractivity contribution in [3.05, 3.63) is 12.2 Å². The zero-order valence-electron chi connectivity index (χ0n) is 10.3. The lowest BCUT2D eigenvalue weighted by Crippen LogP contribution is -2.43. The average Bonchev–Trinajstić information content (AvgIpc) is 2.25. The molecular formula is C13H26N2. The van der Waals surface area contributed by atoms with E-state index in [1.807, 2.05) is 0 Å². The molecule has 15 heavy (non-hydrogen) atoms. The summed E-state index contributed by atoms with van der Waals surface area (Å²) >= 11 is 0. The third-order valence-electron chi connectivity index (χ3n) is 3.24. The van der Waals surface area contributed by atoms with E-state index in [0.29, 0.717) is 6.04 Å². The zero-order chi connectivity index (χ0) is 11.1. The minimum absolute atomic E-state index is 0.693. The van der Waals surface area contributed by atoms with Crippen LogP contribution in [0, 0.1) is 0 Å². The molecule has 1 atom stereocenters. The quantitative estimate of drug-likeness (QED) is 0.707. The molecule has 0 radical (unpaired) electrons. The fourth-order valence-corrected chi connectivity index (χ4v) is 2.42. The molecule has 88 valence electrons. The van der Waals surface area contributed by atoms with Crippen LogP contribution in [0.25, 0.3) is 0 Å². The molecule has 2 nitrogen and oxygen atoms in total. The van der Waals surface area contributed by atoms with Crippen LogP contribution in [0.2, 0.25) is 0 Å². The van der Waals surface area contributed by atoms with Crippen molar-refractivity contribution in [2.45, 2.75) is 58.0 Å². The van der Waals surface area contributed by atoms with Gasteiger partial charge in [-0.3, -0.25) is 4.90 Å². The van der Waals surface area contributed by atoms with Gasteiger partial charge in [-0.1, -0.05) is 18.6 Å². The first-order valence-electron chi connectivity index (χ1n) is 6.36. The van der Waals surface area contributed by atoms with Crippen molar-refractivity contribution in [1.82, 2.24) is 4.90 Å². The second-order valence-electron chi connectivity index (χ2n) is 4.77. The van der Waals surface area contributed by atoms with Crippen molar-refractivity contribution in [3.63, 3.8) is 0 Å². The average molecular weight is 210 g/mol. The van der Waals surface area contributed by atoms with E-state index in [1.165, 1.54) is 32.2 Å². The molecule has 1 saturated heterocycles. The van der Waals surface area contributed by atoms with Gasteiger partial charge in [0.2, 0.25) is 0 Å². The van der Waals surface area contributed by atoms with Crippen LogP contribution in [0.4, 0.5) is 0 Å². The lowest BCUT2D eigenvalue weighted by atomic mass is 9.97. The maximum Gasteiger partial charge on any atom is 0.0132 e. The molecule has 0 aromatic heterocycles. The molecule has 0 saturated carbocycles. The molecule has 2 heteroatoms. The van der Waals surface area contributed by atoms with Crippen LogP contribution in [0.15, 0.2) is 12.2 Å². The fourth-order valence-electron chi connectivity index (χ4n) is 2.42. The lowest BCUT2D eigenvalue weighted by Gasteiger charge is -2.38. The summed E-state index contributed by atoms with van der Waals surface area (Å²) in [4.78, 5) is 2.65. The Bertz CT molecular complexity index is 187. The first kappa shape index (κ1) is 12.7. The largest absolute Gasteiger partial charge is 0.330 e. The van der Waals surface area contributed by atoms with E-state index in [1.54, 1.807) is 0 Å². The second-order valence-corrected chi connectivity index (χ2v) is 4.77. The van der Waals surface area contributed by atoms with E-state index in [0.717, 1.165) is 19.0 Å². The van der Waals surface area contributed by atoms with Gasteiger partial charge in [0.15, 0.2) is 0 Å². The Hall–Kier alpha value is -0.340. The highest BCUT2D eigenvalue weighted by Gasteiger charge is 2.22. The second kappa shape index (κ2) is 7.02. The van der Waals surface area contributed by atoms with E-state index in [-0.39, 0.29) is 0 Å². The van der Waals surface area contributed by atoms with Crippen molar-refractivity contribution in [2.75, 3.05) is 13.1 Å². The molecule has 1 rings (SSSR count). The van der Waals surface area contributed by atoms with Gasteiger partial charge in [-0.2, -0.15) is 0 Å². The molecule has 1 fully saturated rings. The standard InChI is InChI=1S/C13H26N2/c1-12(2)15-11-7-5-9-13(15)8-4-3-6-10-14/h3-4,12-13H,5-11,14H2,1-2H3/b4-3-. The van der Waals surface area contributed by atoms with Crippen molar-refractivity contribution in [1.29, 1.82) is 0 Å². The molecule has 1 unspecified atom stereocenters. The fraction of sp³-hybridized carbons (Fsp3) is 0.846. The Balaban J connectivity index is 2.35. The first-order chi connectivity index (χ1) is 7.25. The SMILES string of the molecule is CC(C)N1CCCCC1C/C=C\CCN. The Labute approximate surface area is 94.5 Å². The normalized spacial score (nSPS) is 24.1. The van der Waals surface area contributed by atoms with Gasteiger partial charge in [-0.15, -0.1) is 0 Å². The number of piperidine rings is 1. The van der Waals surface area contributed by atoms with Crippen molar-refractivity contribution < 1.29 is 0 Å². The minimum Gasteiger partial charge on any atom is -0.330 e. The summed E-state index contributed by atoms with van der Waals surface area (Å²) in [6.45, 7) is 6.67. The molecule has 0 aliphatic carbocycles. The Kier molecular flexibility index (Phi) is 5.96. The Morgan fingerprint density at radius 2 is 2.13 bits per heavy atom. The summed E-state index contributed by atoms with van der Waals surface area (Å²) in [5.41, 5.74) is 5.46.